The molecular formula is C8H11N3O. The molecule has 2 rings (SSSR count). The number of carbonyl (C=O) groups is 1. The lowest BCUT2D eigenvalue weighted by atomic mass is 10.0. The number of Topliss-reactive ketones (excluding diaryl/α,β-unsaturated/α-hetero) is 1. The normalized spacial score (nSPS) is 23.4. The van der Waals surface area contributed by atoms with Crippen molar-refractivity contribution in [1.29, 1.82) is 0 Å². The van der Waals surface area contributed by atoms with Crippen LogP contribution in [0.25, 0.3) is 0 Å². The summed E-state index contributed by atoms with van der Waals surface area (Å²) in [5.41, 5.74) is 0.956. The fraction of sp³-hybridized carbons (Fsp3) is 0.625. The first-order valence-corrected chi connectivity index (χ1v) is 4.16. The number of rotatable bonds is 1. The van der Waals surface area contributed by atoms with Crippen LogP contribution >= 0.6 is 0 Å². The smallest absolute Gasteiger partial charge is 0.141 e. The van der Waals surface area contributed by atoms with Crippen molar-refractivity contribution in [2.24, 2.45) is 7.05 Å². The first-order chi connectivity index (χ1) is 5.79. The van der Waals surface area contributed by atoms with E-state index in [1.54, 1.807) is 10.9 Å². The van der Waals surface area contributed by atoms with Gasteiger partial charge in [-0.2, -0.15) is 0 Å². The molecule has 64 valence electrons. The van der Waals surface area contributed by atoms with Crippen molar-refractivity contribution >= 4 is 5.78 Å². The number of ketones is 1. The molecule has 1 aromatic rings. The quantitative estimate of drug-likeness (QED) is 0.614. The Morgan fingerprint density at radius 1 is 1.67 bits per heavy atom. The van der Waals surface area contributed by atoms with Gasteiger partial charge in [-0.25, -0.2) is 0 Å². The third-order valence-electron chi connectivity index (χ3n) is 2.41. The van der Waals surface area contributed by atoms with Gasteiger partial charge < -0.3 is 0 Å². The molecule has 12 heavy (non-hydrogen) atoms. The summed E-state index contributed by atoms with van der Waals surface area (Å²) in [5, 5.41) is 7.57. The summed E-state index contributed by atoms with van der Waals surface area (Å²) in [4.78, 5) is 11.4. The largest absolute Gasteiger partial charge is 0.299 e. The van der Waals surface area contributed by atoms with Crippen LogP contribution in [0.3, 0.4) is 0 Å². The third kappa shape index (κ3) is 1.03. The van der Waals surface area contributed by atoms with Gasteiger partial charge in [-0.3, -0.25) is 9.48 Å². The molecule has 0 saturated heterocycles. The van der Waals surface area contributed by atoms with Crippen molar-refractivity contribution in [1.82, 2.24) is 15.0 Å². The first kappa shape index (κ1) is 7.46. The topological polar surface area (TPSA) is 47.8 Å². The molecule has 1 fully saturated rings. The van der Waals surface area contributed by atoms with Crippen molar-refractivity contribution in [2.45, 2.75) is 25.2 Å². The van der Waals surface area contributed by atoms with Crippen LogP contribution in [0.15, 0.2) is 6.20 Å². The van der Waals surface area contributed by atoms with Crippen LogP contribution in [0.1, 0.15) is 30.9 Å². The molecule has 0 radical (unpaired) electrons. The summed E-state index contributed by atoms with van der Waals surface area (Å²) in [5.74, 6) is 0.394. The number of hydrogen-bond acceptors (Lipinski definition) is 3. The van der Waals surface area contributed by atoms with E-state index in [2.05, 4.69) is 10.3 Å². The molecule has 1 aliphatic carbocycles. The molecule has 4 nitrogen and oxygen atoms in total. The summed E-state index contributed by atoms with van der Waals surface area (Å²) in [6.07, 6.45) is 4.37. The highest BCUT2D eigenvalue weighted by Gasteiger charge is 2.28. The lowest BCUT2D eigenvalue weighted by molar-refractivity contribution is -0.118. The summed E-state index contributed by atoms with van der Waals surface area (Å²) >= 11 is 0. The maximum Gasteiger partial charge on any atom is 0.141 e. The molecule has 1 aliphatic rings. The molecule has 0 bridgehead atoms. The Balaban J connectivity index is 2.30. The summed E-state index contributed by atoms with van der Waals surface area (Å²) in [6, 6.07) is 0. The zero-order chi connectivity index (χ0) is 8.55. The lowest BCUT2D eigenvalue weighted by Gasteiger charge is -2.05. The Hall–Kier alpha value is -1.19. The highest BCUT2D eigenvalue weighted by molar-refractivity contribution is 5.87. The molecule has 1 unspecified atom stereocenters. The van der Waals surface area contributed by atoms with Gasteiger partial charge in [-0.15, -0.1) is 5.10 Å². The van der Waals surface area contributed by atoms with Gasteiger partial charge in [0.15, 0.2) is 0 Å². The zero-order valence-corrected chi connectivity index (χ0v) is 7.03. The van der Waals surface area contributed by atoms with Crippen molar-refractivity contribution in [2.75, 3.05) is 0 Å². The van der Waals surface area contributed by atoms with Gasteiger partial charge in [0.2, 0.25) is 0 Å². The highest BCUT2D eigenvalue weighted by atomic mass is 16.1. The van der Waals surface area contributed by atoms with Crippen LogP contribution in [0, 0.1) is 0 Å². The molecule has 0 aromatic carbocycles. The molecule has 1 aromatic heterocycles. The van der Waals surface area contributed by atoms with Crippen molar-refractivity contribution < 1.29 is 4.79 Å². The van der Waals surface area contributed by atoms with E-state index in [1.807, 2.05) is 7.05 Å². The predicted octanol–water partition coefficient (Wildman–Crippen LogP) is 0.652. The van der Waals surface area contributed by atoms with Gasteiger partial charge in [0.05, 0.1) is 17.8 Å². The zero-order valence-electron chi connectivity index (χ0n) is 7.03. The van der Waals surface area contributed by atoms with E-state index in [4.69, 9.17) is 0 Å². The Morgan fingerprint density at radius 3 is 3.00 bits per heavy atom. The maximum atomic E-state index is 11.4. The van der Waals surface area contributed by atoms with Gasteiger partial charge in [0, 0.05) is 13.5 Å². The Kier molecular flexibility index (Phi) is 1.67. The second-order valence-electron chi connectivity index (χ2n) is 3.19. The van der Waals surface area contributed by atoms with Gasteiger partial charge in [0.1, 0.15) is 5.78 Å². The molecule has 1 saturated carbocycles. The molecular weight excluding hydrogens is 154 g/mol. The summed E-state index contributed by atoms with van der Waals surface area (Å²) in [6.45, 7) is 0. The number of hydrogen-bond donors (Lipinski definition) is 0. The highest BCUT2D eigenvalue weighted by Crippen LogP contribution is 2.29. The van der Waals surface area contributed by atoms with E-state index in [0.29, 0.717) is 5.78 Å². The van der Waals surface area contributed by atoms with Gasteiger partial charge in [0.25, 0.3) is 0 Å². The monoisotopic (exact) mass is 165 g/mol. The lowest BCUT2D eigenvalue weighted by Crippen LogP contribution is -2.09. The third-order valence-corrected chi connectivity index (χ3v) is 2.41. The Bertz CT molecular complexity index is 305. The number of aryl methyl sites for hydroxylation is 1. The van der Waals surface area contributed by atoms with Crippen molar-refractivity contribution in [3.63, 3.8) is 0 Å². The first-order valence-electron chi connectivity index (χ1n) is 4.16. The van der Waals surface area contributed by atoms with Crippen LogP contribution in [0.4, 0.5) is 0 Å². The van der Waals surface area contributed by atoms with E-state index in [-0.39, 0.29) is 5.92 Å². The Labute approximate surface area is 70.6 Å². The molecule has 0 aliphatic heterocycles. The van der Waals surface area contributed by atoms with Crippen LogP contribution in [-0.4, -0.2) is 20.8 Å². The second-order valence-corrected chi connectivity index (χ2v) is 3.19. The van der Waals surface area contributed by atoms with E-state index < -0.39 is 0 Å². The molecule has 0 spiro atoms. The minimum absolute atomic E-state index is 0.0602. The van der Waals surface area contributed by atoms with Gasteiger partial charge in [-0.05, 0) is 12.8 Å². The van der Waals surface area contributed by atoms with Crippen molar-refractivity contribution in [3.05, 3.63) is 11.9 Å². The fourth-order valence-electron chi connectivity index (χ4n) is 1.74. The second kappa shape index (κ2) is 2.69. The van der Waals surface area contributed by atoms with E-state index in [1.165, 1.54) is 0 Å². The number of aromatic nitrogens is 3. The van der Waals surface area contributed by atoms with Crippen LogP contribution < -0.4 is 0 Å². The predicted molar refractivity (Wildman–Crippen MR) is 42.6 cm³/mol. The van der Waals surface area contributed by atoms with Crippen LogP contribution in [0.5, 0.6) is 0 Å². The van der Waals surface area contributed by atoms with E-state index in [9.17, 15) is 4.79 Å². The number of carbonyl (C=O) groups excluding carboxylic acids is 1. The summed E-state index contributed by atoms with van der Waals surface area (Å²) < 4.78 is 1.69. The Morgan fingerprint density at radius 2 is 2.50 bits per heavy atom. The molecule has 0 N–H and O–H groups in total. The minimum Gasteiger partial charge on any atom is -0.299 e. The van der Waals surface area contributed by atoms with Crippen molar-refractivity contribution in [3.8, 4) is 0 Å². The van der Waals surface area contributed by atoms with Gasteiger partial charge >= 0.3 is 0 Å². The standard InChI is InChI=1S/C8H11N3O/c1-11-7(5-9-10-11)6-3-2-4-8(6)12/h5-6H,2-4H2,1H3. The van der Waals surface area contributed by atoms with E-state index >= 15 is 0 Å². The molecule has 1 atom stereocenters. The average molecular weight is 165 g/mol. The van der Waals surface area contributed by atoms with Gasteiger partial charge in [-0.1, -0.05) is 5.21 Å². The number of nitrogens with zero attached hydrogens (tertiary/aromatic N) is 3. The average Bonchev–Trinajstić information content (AvgIpc) is 2.59. The van der Waals surface area contributed by atoms with Crippen LogP contribution in [0.2, 0.25) is 0 Å². The molecule has 0 amide bonds. The SMILES string of the molecule is Cn1nncc1C1CCCC1=O. The fourth-order valence-corrected chi connectivity index (χ4v) is 1.74. The van der Waals surface area contributed by atoms with E-state index in [0.717, 1.165) is 25.0 Å². The molecule has 1 heterocycles. The summed E-state index contributed by atoms with van der Waals surface area (Å²) in [7, 11) is 1.83. The van der Waals surface area contributed by atoms with Crippen LogP contribution in [-0.2, 0) is 11.8 Å². The maximum absolute atomic E-state index is 11.4. The molecule has 4 heteroatoms. The minimum atomic E-state index is 0.0602.